The molecule has 0 aromatic carbocycles. The molecule has 2 amide bonds. The summed E-state index contributed by atoms with van der Waals surface area (Å²) in [5.74, 6) is -0.668. The van der Waals surface area contributed by atoms with Gasteiger partial charge in [0.05, 0.1) is 6.07 Å². The minimum atomic E-state index is -1.11. The Bertz CT molecular complexity index is 305. The molecule has 1 unspecified atom stereocenters. The van der Waals surface area contributed by atoms with Gasteiger partial charge in [0.25, 0.3) is 0 Å². The second kappa shape index (κ2) is 6.11. The van der Waals surface area contributed by atoms with Crippen LogP contribution < -0.4 is 10.6 Å². The molecule has 5 nitrogen and oxygen atoms in total. The highest BCUT2D eigenvalue weighted by Gasteiger charge is 2.29. The summed E-state index contributed by atoms with van der Waals surface area (Å²) in [4.78, 5) is 23.0. The summed E-state index contributed by atoms with van der Waals surface area (Å²) in [5, 5.41) is 13.9. The van der Waals surface area contributed by atoms with Crippen LogP contribution in [0.3, 0.4) is 0 Å². The van der Waals surface area contributed by atoms with Crippen molar-refractivity contribution in [2.24, 2.45) is 5.41 Å². The second-order valence-electron chi connectivity index (χ2n) is 4.22. The zero-order chi connectivity index (χ0) is 12.8. The van der Waals surface area contributed by atoms with Crippen molar-refractivity contribution >= 4 is 11.8 Å². The third-order valence-electron chi connectivity index (χ3n) is 2.14. The van der Waals surface area contributed by atoms with Gasteiger partial charge in [-0.2, -0.15) is 5.26 Å². The van der Waals surface area contributed by atoms with Crippen LogP contribution in [-0.4, -0.2) is 24.4 Å². The van der Waals surface area contributed by atoms with Gasteiger partial charge < -0.3 is 10.6 Å². The van der Waals surface area contributed by atoms with Gasteiger partial charge in [-0.25, -0.2) is 0 Å². The number of rotatable bonds is 5. The van der Waals surface area contributed by atoms with E-state index in [4.69, 9.17) is 5.26 Å². The molecule has 0 saturated heterocycles. The van der Waals surface area contributed by atoms with Gasteiger partial charge in [0.1, 0.15) is 11.5 Å². The molecule has 16 heavy (non-hydrogen) atoms. The maximum Gasteiger partial charge on any atom is 0.242 e. The Balaban J connectivity index is 4.25. The van der Waals surface area contributed by atoms with Gasteiger partial charge in [-0.1, -0.05) is 6.92 Å². The van der Waals surface area contributed by atoms with Crippen LogP contribution in [0.1, 0.15) is 34.1 Å². The van der Waals surface area contributed by atoms with Crippen molar-refractivity contribution in [1.29, 1.82) is 5.26 Å². The number of hydrogen-bond donors (Lipinski definition) is 2. The fraction of sp³-hybridized carbons (Fsp3) is 0.727. The maximum atomic E-state index is 11.6. The van der Waals surface area contributed by atoms with Crippen LogP contribution in [-0.2, 0) is 9.59 Å². The van der Waals surface area contributed by atoms with Gasteiger partial charge in [0.15, 0.2) is 0 Å². The van der Waals surface area contributed by atoms with Crippen LogP contribution in [0.2, 0.25) is 0 Å². The molecular weight excluding hydrogens is 206 g/mol. The first-order valence-electron chi connectivity index (χ1n) is 5.35. The lowest BCUT2D eigenvalue weighted by atomic mass is 9.94. The van der Waals surface area contributed by atoms with E-state index in [1.165, 1.54) is 13.8 Å². The number of nitriles is 1. The quantitative estimate of drug-likeness (QED) is 0.717. The maximum absolute atomic E-state index is 11.6. The number of carbonyl (C=O) groups is 2. The Hall–Kier alpha value is -1.57. The molecule has 0 spiro atoms. The molecule has 0 rings (SSSR count). The Morgan fingerprint density at radius 3 is 2.44 bits per heavy atom. The van der Waals surface area contributed by atoms with E-state index in [0.717, 1.165) is 6.42 Å². The van der Waals surface area contributed by atoms with Gasteiger partial charge in [-0.15, -0.1) is 0 Å². The van der Waals surface area contributed by atoms with Crippen LogP contribution in [0, 0.1) is 16.7 Å². The molecule has 90 valence electrons. The third-order valence-corrected chi connectivity index (χ3v) is 2.14. The van der Waals surface area contributed by atoms with Gasteiger partial charge in [0.2, 0.25) is 11.8 Å². The van der Waals surface area contributed by atoms with Gasteiger partial charge >= 0.3 is 0 Å². The molecule has 0 aliphatic carbocycles. The highest BCUT2D eigenvalue weighted by Crippen LogP contribution is 2.12. The van der Waals surface area contributed by atoms with Crippen LogP contribution in [0.25, 0.3) is 0 Å². The molecule has 0 aliphatic heterocycles. The average Bonchev–Trinajstić information content (AvgIpc) is 2.25. The molecule has 0 aromatic rings. The Morgan fingerprint density at radius 2 is 2.00 bits per heavy atom. The van der Waals surface area contributed by atoms with Crippen molar-refractivity contribution in [3.63, 3.8) is 0 Å². The summed E-state index contributed by atoms with van der Waals surface area (Å²) >= 11 is 0. The van der Waals surface area contributed by atoms with Crippen molar-refractivity contribution in [2.75, 3.05) is 6.54 Å². The summed E-state index contributed by atoms with van der Waals surface area (Å²) in [5.41, 5.74) is -1.11. The predicted molar refractivity (Wildman–Crippen MR) is 60.3 cm³/mol. The number of hydrogen-bond acceptors (Lipinski definition) is 3. The van der Waals surface area contributed by atoms with Gasteiger partial charge in [-0.3, -0.25) is 9.59 Å². The highest BCUT2D eigenvalue weighted by atomic mass is 16.2. The summed E-state index contributed by atoms with van der Waals surface area (Å²) in [6.07, 6.45) is 0.843. The van der Waals surface area contributed by atoms with Crippen molar-refractivity contribution in [1.82, 2.24) is 10.6 Å². The molecular formula is C11H19N3O2. The smallest absolute Gasteiger partial charge is 0.242 e. The fourth-order valence-corrected chi connectivity index (χ4v) is 0.895. The lowest BCUT2D eigenvalue weighted by Crippen LogP contribution is -2.48. The summed E-state index contributed by atoms with van der Waals surface area (Å²) in [6.45, 7) is 7.15. The summed E-state index contributed by atoms with van der Waals surface area (Å²) in [6, 6.07) is 1.27. The van der Waals surface area contributed by atoms with E-state index in [2.05, 4.69) is 10.6 Å². The number of amides is 2. The first-order chi connectivity index (χ1) is 7.35. The van der Waals surface area contributed by atoms with Crippen LogP contribution in [0.4, 0.5) is 0 Å². The topological polar surface area (TPSA) is 82.0 Å². The monoisotopic (exact) mass is 225 g/mol. The van der Waals surface area contributed by atoms with E-state index in [1.54, 1.807) is 6.92 Å². The van der Waals surface area contributed by atoms with E-state index in [9.17, 15) is 9.59 Å². The van der Waals surface area contributed by atoms with Crippen molar-refractivity contribution in [2.45, 2.75) is 40.2 Å². The van der Waals surface area contributed by atoms with Crippen molar-refractivity contribution < 1.29 is 9.59 Å². The highest BCUT2D eigenvalue weighted by molar-refractivity contribution is 5.90. The molecule has 0 aliphatic rings. The second-order valence-corrected chi connectivity index (χ2v) is 4.22. The summed E-state index contributed by atoms with van der Waals surface area (Å²) < 4.78 is 0. The fourth-order valence-electron chi connectivity index (χ4n) is 0.895. The zero-order valence-electron chi connectivity index (χ0n) is 10.3. The standard InChI is InChI=1S/C11H19N3O2/c1-5-6-13-9(15)8(2)14-10(16)11(3,4)7-12/h8H,5-6H2,1-4H3,(H,13,15)(H,14,16). The molecule has 2 N–H and O–H groups in total. The molecule has 0 aromatic heterocycles. The Labute approximate surface area is 96.2 Å². The minimum absolute atomic E-state index is 0.232. The van der Waals surface area contributed by atoms with Crippen LogP contribution >= 0.6 is 0 Å². The Kier molecular flexibility index (Phi) is 5.51. The van der Waals surface area contributed by atoms with Crippen LogP contribution in [0.15, 0.2) is 0 Å². The van der Waals surface area contributed by atoms with E-state index >= 15 is 0 Å². The lowest BCUT2D eigenvalue weighted by molar-refractivity contribution is -0.131. The molecule has 5 heteroatoms. The van der Waals surface area contributed by atoms with E-state index in [0.29, 0.717) is 6.54 Å². The molecule has 0 bridgehead atoms. The first-order valence-corrected chi connectivity index (χ1v) is 5.35. The molecule has 0 heterocycles. The molecule has 0 saturated carbocycles. The van der Waals surface area contributed by atoms with Gasteiger partial charge in [0, 0.05) is 6.54 Å². The normalized spacial score (nSPS) is 12.4. The minimum Gasteiger partial charge on any atom is -0.354 e. The SMILES string of the molecule is CCCNC(=O)C(C)NC(=O)C(C)(C)C#N. The molecule has 1 atom stereocenters. The largest absolute Gasteiger partial charge is 0.354 e. The zero-order valence-corrected chi connectivity index (χ0v) is 10.3. The van der Waals surface area contributed by atoms with E-state index < -0.39 is 17.4 Å². The number of nitrogens with one attached hydrogen (secondary N) is 2. The van der Waals surface area contributed by atoms with E-state index in [-0.39, 0.29) is 5.91 Å². The number of carbonyl (C=O) groups excluding carboxylic acids is 2. The predicted octanol–water partition coefficient (Wildman–Crippen LogP) is 0.567. The summed E-state index contributed by atoms with van der Waals surface area (Å²) in [7, 11) is 0. The molecule has 0 radical (unpaired) electrons. The van der Waals surface area contributed by atoms with Crippen LogP contribution in [0.5, 0.6) is 0 Å². The first kappa shape index (κ1) is 14.4. The Morgan fingerprint density at radius 1 is 1.44 bits per heavy atom. The average molecular weight is 225 g/mol. The van der Waals surface area contributed by atoms with Gasteiger partial charge in [-0.05, 0) is 27.2 Å². The van der Waals surface area contributed by atoms with Crippen molar-refractivity contribution in [3.05, 3.63) is 0 Å². The lowest BCUT2D eigenvalue weighted by Gasteiger charge is -2.19. The number of nitrogens with zero attached hydrogens (tertiary/aromatic N) is 1. The van der Waals surface area contributed by atoms with Crippen molar-refractivity contribution in [3.8, 4) is 6.07 Å². The molecule has 0 fully saturated rings. The third kappa shape index (κ3) is 4.30. The van der Waals surface area contributed by atoms with E-state index in [1.807, 2.05) is 13.0 Å².